The lowest BCUT2D eigenvalue weighted by Crippen LogP contribution is -2.14. The molecule has 0 aliphatic carbocycles. The molecule has 0 spiro atoms. The van der Waals surface area contributed by atoms with E-state index in [9.17, 15) is 0 Å². The van der Waals surface area contributed by atoms with Gasteiger partial charge in [0.2, 0.25) is 0 Å². The molecule has 0 aromatic rings. The maximum absolute atomic E-state index is 5.36. The van der Waals surface area contributed by atoms with Crippen LogP contribution in [0.4, 0.5) is 0 Å². The average molecular weight is 188 g/mol. The zero-order valence-electron chi connectivity index (χ0n) is 8.75. The Hall–Kier alpha value is -0.770. The van der Waals surface area contributed by atoms with Gasteiger partial charge in [-0.2, -0.15) is 0 Å². The van der Waals surface area contributed by atoms with Crippen LogP contribution in [-0.2, 0) is 9.47 Å². The van der Waals surface area contributed by atoms with Crippen molar-refractivity contribution in [1.82, 2.24) is 0 Å². The molecular formula is C9H20N2O2. The van der Waals surface area contributed by atoms with E-state index in [-0.39, 0.29) is 6.02 Å². The van der Waals surface area contributed by atoms with Gasteiger partial charge < -0.3 is 15.2 Å². The molecule has 13 heavy (non-hydrogen) atoms. The summed E-state index contributed by atoms with van der Waals surface area (Å²) >= 11 is 0. The number of methoxy groups -OCH3 is 1. The normalized spacial score (nSPS) is 12.2. The van der Waals surface area contributed by atoms with Crippen LogP contribution in [0.3, 0.4) is 0 Å². The van der Waals surface area contributed by atoms with Gasteiger partial charge >= 0.3 is 0 Å². The summed E-state index contributed by atoms with van der Waals surface area (Å²) in [4.78, 5) is 3.98. The van der Waals surface area contributed by atoms with Gasteiger partial charge in [-0.15, -0.1) is 0 Å². The minimum atomic E-state index is 0.254. The average Bonchev–Trinajstić information content (AvgIpc) is 2.10. The van der Waals surface area contributed by atoms with E-state index in [1.165, 1.54) is 7.11 Å². The second-order valence-corrected chi connectivity index (χ2v) is 3.05. The molecule has 0 aliphatic heterocycles. The van der Waals surface area contributed by atoms with E-state index in [1.54, 1.807) is 0 Å². The SMILES string of the molecule is COC(N)=NCCCCOC(C)C. The molecule has 0 aromatic carbocycles. The zero-order valence-corrected chi connectivity index (χ0v) is 8.75. The number of nitrogens with zero attached hydrogens (tertiary/aromatic N) is 1. The van der Waals surface area contributed by atoms with Crippen LogP contribution in [0.1, 0.15) is 26.7 Å². The summed E-state index contributed by atoms with van der Waals surface area (Å²) in [5, 5.41) is 0. The first-order valence-electron chi connectivity index (χ1n) is 4.62. The minimum absolute atomic E-state index is 0.254. The molecule has 0 aliphatic rings. The van der Waals surface area contributed by atoms with Gasteiger partial charge in [-0.3, -0.25) is 0 Å². The Morgan fingerprint density at radius 1 is 1.38 bits per heavy atom. The van der Waals surface area contributed by atoms with Crippen LogP contribution in [-0.4, -0.2) is 32.4 Å². The summed E-state index contributed by atoms with van der Waals surface area (Å²) in [6, 6.07) is 0.254. The number of hydrogen-bond acceptors (Lipinski definition) is 3. The van der Waals surface area contributed by atoms with Gasteiger partial charge in [0.1, 0.15) is 0 Å². The predicted molar refractivity (Wildman–Crippen MR) is 53.8 cm³/mol. The van der Waals surface area contributed by atoms with Gasteiger partial charge in [0, 0.05) is 13.2 Å². The fourth-order valence-corrected chi connectivity index (χ4v) is 0.787. The van der Waals surface area contributed by atoms with Crippen molar-refractivity contribution in [3.8, 4) is 0 Å². The second-order valence-electron chi connectivity index (χ2n) is 3.05. The number of rotatable bonds is 6. The maximum atomic E-state index is 5.36. The predicted octanol–water partition coefficient (Wildman–Crippen LogP) is 1.15. The van der Waals surface area contributed by atoms with E-state index in [0.717, 1.165) is 19.4 Å². The third-order valence-corrected chi connectivity index (χ3v) is 1.48. The van der Waals surface area contributed by atoms with E-state index < -0.39 is 0 Å². The highest BCUT2D eigenvalue weighted by molar-refractivity contribution is 5.71. The van der Waals surface area contributed by atoms with Crippen molar-refractivity contribution >= 4 is 6.02 Å². The van der Waals surface area contributed by atoms with Crippen LogP contribution in [0.25, 0.3) is 0 Å². The van der Waals surface area contributed by atoms with Gasteiger partial charge in [-0.05, 0) is 26.7 Å². The molecule has 0 fully saturated rings. The third kappa shape index (κ3) is 9.14. The summed E-state index contributed by atoms with van der Waals surface area (Å²) in [6.45, 7) is 5.56. The Labute approximate surface area is 80.1 Å². The van der Waals surface area contributed by atoms with Gasteiger partial charge in [0.05, 0.1) is 13.2 Å². The van der Waals surface area contributed by atoms with Crippen molar-refractivity contribution in [3.63, 3.8) is 0 Å². The molecule has 4 nitrogen and oxygen atoms in total. The quantitative estimate of drug-likeness (QED) is 0.386. The maximum Gasteiger partial charge on any atom is 0.281 e. The molecule has 0 rings (SSSR count). The van der Waals surface area contributed by atoms with Crippen LogP contribution in [0.2, 0.25) is 0 Å². The first kappa shape index (κ1) is 12.2. The smallest absolute Gasteiger partial charge is 0.281 e. The van der Waals surface area contributed by atoms with E-state index >= 15 is 0 Å². The molecule has 0 bridgehead atoms. The standard InChI is InChI=1S/C9H20N2O2/c1-8(2)13-7-5-4-6-11-9(10)12-3/h8H,4-7H2,1-3H3,(H2,10,11). The van der Waals surface area contributed by atoms with Crippen LogP contribution >= 0.6 is 0 Å². The fraction of sp³-hybridized carbons (Fsp3) is 0.889. The monoisotopic (exact) mass is 188 g/mol. The van der Waals surface area contributed by atoms with E-state index in [4.69, 9.17) is 15.2 Å². The second kappa shape index (κ2) is 7.86. The topological polar surface area (TPSA) is 56.8 Å². The van der Waals surface area contributed by atoms with E-state index in [2.05, 4.69) is 4.99 Å². The van der Waals surface area contributed by atoms with E-state index in [0.29, 0.717) is 12.6 Å². The molecule has 0 aromatic heterocycles. The Morgan fingerprint density at radius 3 is 2.62 bits per heavy atom. The summed E-state index contributed by atoms with van der Waals surface area (Å²) in [5.74, 6) is 0. The third-order valence-electron chi connectivity index (χ3n) is 1.48. The van der Waals surface area contributed by atoms with Crippen LogP contribution in [0.15, 0.2) is 4.99 Å². The minimum Gasteiger partial charge on any atom is -0.469 e. The Balaban J connectivity index is 3.17. The van der Waals surface area contributed by atoms with Crippen LogP contribution in [0.5, 0.6) is 0 Å². The first-order chi connectivity index (χ1) is 6.16. The molecule has 0 radical (unpaired) electrons. The van der Waals surface area contributed by atoms with Gasteiger partial charge in [0.15, 0.2) is 0 Å². The summed E-state index contributed by atoms with van der Waals surface area (Å²) in [6.07, 6.45) is 2.31. The molecule has 0 amide bonds. The fourth-order valence-electron chi connectivity index (χ4n) is 0.787. The molecule has 0 heterocycles. The number of amidine groups is 1. The first-order valence-corrected chi connectivity index (χ1v) is 4.62. The van der Waals surface area contributed by atoms with E-state index in [1.807, 2.05) is 13.8 Å². The van der Waals surface area contributed by atoms with Crippen LogP contribution in [0, 0.1) is 0 Å². The number of ether oxygens (including phenoxy) is 2. The van der Waals surface area contributed by atoms with Crippen LogP contribution < -0.4 is 5.73 Å². The number of unbranched alkanes of at least 4 members (excludes halogenated alkanes) is 1. The van der Waals surface area contributed by atoms with Crippen molar-refractivity contribution in [2.75, 3.05) is 20.3 Å². The molecule has 0 atom stereocenters. The molecule has 0 unspecified atom stereocenters. The van der Waals surface area contributed by atoms with Gasteiger partial charge in [0.25, 0.3) is 6.02 Å². The molecule has 4 heteroatoms. The molecular weight excluding hydrogens is 168 g/mol. The molecule has 0 saturated carbocycles. The lowest BCUT2D eigenvalue weighted by molar-refractivity contribution is 0.0763. The van der Waals surface area contributed by atoms with Crippen molar-refractivity contribution in [2.45, 2.75) is 32.8 Å². The molecule has 78 valence electrons. The van der Waals surface area contributed by atoms with Crippen molar-refractivity contribution < 1.29 is 9.47 Å². The number of aliphatic imine (C=N–C) groups is 1. The van der Waals surface area contributed by atoms with Crippen molar-refractivity contribution in [1.29, 1.82) is 0 Å². The number of nitrogens with two attached hydrogens (primary N) is 1. The summed E-state index contributed by atoms with van der Waals surface area (Å²) in [5.41, 5.74) is 5.33. The molecule has 2 N–H and O–H groups in total. The summed E-state index contributed by atoms with van der Waals surface area (Å²) < 4.78 is 10.1. The highest BCUT2D eigenvalue weighted by Crippen LogP contribution is 1.94. The Morgan fingerprint density at radius 2 is 2.08 bits per heavy atom. The Bertz CT molecular complexity index is 147. The van der Waals surface area contributed by atoms with Gasteiger partial charge in [-0.1, -0.05) is 0 Å². The van der Waals surface area contributed by atoms with Crippen molar-refractivity contribution in [2.24, 2.45) is 10.7 Å². The highest BCUT2D eigenvalue weighted by Gasteiger charge is 1.93. The lowest BCUT2D eigenvalue weighted by Gasteiger charge is -2.05. The largest absolute Gasteiger partial charge is 0.469 e. The Kier molecular flexibility index (Phi) is 7.39. The molecule has 0 saturated heterocycles. The summed E-state index contributed by atoms with van der Waals surface area (Å²) in [7, 11) is 1.51. The van der Waals surface area contributed by atoms with Crippen molar-refractivity contribution in [3.05, 3.63) is 0 Å². The lowest BCUT2D eigenvalue weighted by atomic mass is 10.3. The zero-order chi connectivity index (χ0) is 10.1. The number of hydrogen-bond donors (Lipinski definition) is 1. The van der Waals surface area contributed by atoms with Gasteiger partial charge in [-0.25, -0.2) is 4.99 Å². The highest BCUT2D eigenvalue weighted by atomic mass is 16.5.